The molecule has 1 aliphatic heterocycles. The largest absolute Gasteiger partial charge is 0.465 e. The molecule has 0 amide bonds. The average molecular weight is 226 g/mol. The first-order valence-corrected chi connectivity index (χ1v) is 5.36. The van der Waals surface area contributed by atoms with Crippen LogP contribution in [-0.2, 0) is 9.53 Å². The van der Waals surface area contributed by atoms with E-state index in [1.807, 2.05) is 30.3 Å². The van der Waals surface area contributed by atoms with Gasteiger partial charge in [-0.25, -0.2) is 4.79 Å². The van der Waals surface area contributed by atoms with Crippen LogP contribution in [0.3, 0.4) is 0 Å². The Morgan fingerprint density at radius 1 is 1.00 bits per heavy atom. The SMILES string of the molecule is O=C1OC(c2ccco2)C=C1c1ccccc1. The lowest BCUT2D eigenvalue weighted by atomic mass is 10.1. The summed E-state index contributed by atoms with van der Waals surface area (Å²) in [6.45, 7) is 0. The monoisotopic (exact) mass is 226 g/mol. The number of carbonyl (C=O) groups is 1. The van der Waals surface area contributed by atoms with Crippen LogP contribution >= 0.6 is 0 Å². The molecule has 0 saturated carbocycles. The normalized spacial score (nSPS) is 18.9. The topological polar surface area (TPSA) is 39.4 Å². The molecule has 17 heavy (non-hydrogen) atoms. The maximum atomic E-state index is 11.7. The van der Waals surface area contributed by atoms with Gasteiger partial charge in [-0.05, 0) is 23.8 Å². The van der Waals surface area contributed by atoms with Gasteiger partial charge in [0.2, 0.25) is 0 Å². The number of rotatable bonds is 2. The minimum Gasteiger partial charge on any atom is -0.465 e. The van der Waals surface area contributed by atoms with Gasteiger partial charge >= 0.3 is 5.97 Å². The van der Waals surface area contributed by atoms with Crippen molar-refractivity contribution in [3.8, 4) is 0 Å². The van der Waals surface area contributed by atoms with Gasteiger partial charge in [-0.2, -0.15) is 0 Å². The first kappa shape index (κ1) is 9.90. The van der Waals surface area contributed by atoms with Crippen LogP contribution in [0.5, 0.6) is 0 Å². The number of carbonyl (C=O) groups excluding carboxylic acids is 1. The fourth-order valence-corrected chi connectivity index (χ4v) is 1.86. The Labute approximate surface area is 98.3 Å². The maximum Gasteiger partial charge on any atom is 0.339 e. The highest BCUT2D eigenvalue weighted by Gasteiger charge is 2.28. The fourth-order valence-electron chi connectivity index (χ4n) is 1.86. The molecule has 1 aliphatic rings. The molecule has 3 nitrogen and oxygen atoms in total. The first-order valence-electron chi connectivity index (χ1n) is 5.36. The van der Waals surface area contributed by atoms with E-state index in [0.717, 1.165) is 5.56 Å². The Balaban J connectivity index is 1.96. The molecule has 2 heterocycles. The number of cyclic esters (lactones) is 1. The zero-order valence-electron chi connectivity index (χ0n) is 9.00. The molecule has 0 radical (unpaired) electrons. The van der Waals surface area contributed by atoms with Crippen LogP contribution in [0.1, 0.15) is 17.4 Å². The maximum absolute atomic E-state index is 11.7. The molecule has 0 saturated heterocycles. The van der Waals surface area contributed by atoms with Crippen LogP contribution in [0.25, 0.3) is 5.57 Å². The minimum absolute atomic E-state index is 0.308. The second-order valence-electron chi connectivity index (χ2n) is 3.79. The summed E-state index contributed by atoms with van der Waals surface area (Å²) in [5, 5.41) is 0. The van der Waals surface area contributed by atoms with Crippen molar-refractivity contribution in [2.45, 2.75) is 6.10 Å². The highest BCUT2D eigenvalue weighted by molar-refractivity contribution is 6.18. The third kappa shape index (κ3) is 1.76. The lowest BCUT2D eigenvalue weighted by molar-refractivity contribution is -0.138. The van der Waals surface area contributed by atoms with E-state index in [9.17, 15) is 4.79 Å². The molecule has 1 unspecified atom stereocenters. The van der Waals surface area contributed by atoms with E-state index in [2.05, 4.69) is 0 Å². The van der Waals surface area contributed by atoms with Gasteiger partial charge in [0.15, 0.2) is 6.10 Å². The zero-order chi connectivity index (χ0) is 11.7. The van der Waals surface area contributed by atoms with Crippen LogP contribution in [-0.4, -0.2) is 5.97 Å². The van der Waals surface area contributed by atoms with Crippen LogP contribution in [0.4, 0.5) is 0 Å². The molecule has 0 aliphatic carbocycles. The van der Waals surface area contributed by atoms with Crippen molar-refractivity contribution in [2.75, 3.05) is 0 Å². The summed E-state index contributed by atoms with van der Waals surface area (Å²) in [7, 11) is 0. The molecular weight excluding hydrogens is 216 g/mol. The van der Waals surface area contributed by atoms with Gasteiger partial charge in [0.25, 0.3) is 0 Å². The predicted octanol–water partition coefficient (Wildman–Crippen LogP) is 2.96. The Morgan fingerprint density at radius 3 is 2.53 bits per heavy atom. The Hall–Kier alpha value is -2.29. The molecule has 84 valence electrons. The number of furan rings is 1. The third-order valence-electron chi connectivity index (χ3n) is 2.68. The summed E-state index contributed by atoms with van der Waals surface area (Å²) in [5.74, 6) is 0.335. The third-order valence-corrected chi connectivity index (χ3v) is 2.68. The van der Waals surface area contributed by atoms with Crippen LogP contribution in [0.2, 0.25) is 0 Å². The van der Waals surface area contributed by atoms with E-state index >= 15 is 0 Å². The number of ether oxygens (including phenoxy) is 1. The second-order valence-corrected chi connectivity index (χ2v) is 3.79. The summed E-state index contributed by atoms with van der Waals surface area (Å²) in [5.41, 5.74) is 1.46. The van der Waals surface area contributed by atoms with Gasteiger partial charge in [0.05, 0.1) is 11.8 Å². The van der Waals surface area contributed by atoms with Crippen molar-refractivity contribution >= 4 is 11.5 Å². The molecule has 1 aromatic heterocycles. The highest BCUT2D eigenvalue weighted by atomic mass is 16.6. The molecule has 0 fully saturated rings. The van der Waals surface area contributed by atoms with Crippen LogP contribution in [0.15, 0.2) is 59.2 Å². The van der Waals surface area contributed by atoms with Gasteiger partial charge in [0.1, 0.15) is 5.76 Å². The lowest BCUT2D eigenvalue weighted by Gasteiger charge is -2.03. The highest BCUT2D eigenvalue weighted by Crippen LogP contribution is 2.32. The summed E-state index contributed by atoms with van der Waals surface area (Å²) in [6, 6.07) is 13.0. The van der Waals surface area contributed by atoms with Crippen molar-refractivity contribution in [3.63, 3.8) is 0 Å². The number of hydrogen-bond acceptors (Lipinski definition) is 3. The standard InChI is InChI=1S/C14H10O3/c15-14-11(10-5-2-1-3-6-10)9-13(17-14)12-7-4-8-16-12/h1-9,13H. The van der Waals surface area contributed by atoms with Crippen molar-refractivity contribution < 1.29 is 13.9 Å². The van der Waals surface area contributed by atoms with E-state index in [1.54, 1.807) is 24.5 Å². The van der Waals surface area contributed by atoms with E-state index in [1.165, 1.54) is 0 Å². The van der Waals surface area contributed by atoms with E-state index < -0.39 is 6.10 Å². The summed E-state index contributed by atoms with van der Waals surface area (Å²) in [4.78, 5) is 11.7. The van der Waals surface area contributed by atoms with Gasteiger partial charge in [-0.15, -0.1) is 0 Å². The summed E-state index contributed by atoms with van der Waals surface area (Å²) < 4.78 is 10.5. The molecule has 0 spiro atoms. The van der Waals surface area contributed by atoms with Gasteiger partial charge in [0, 0.05) is 0 Å². The number of hydrogen-bond donors (Lipinski definition) is 0. The smallest absolute Gasteiger partial charge is 0.339 e. The molecule has 0 N–H and O–H groups in total. The van der Waals surface area contributed by atoms with Gasteiger partial charge in [-0.1, -0.05) is 30.3 Å². The van der Waals surface area contributed by atoms with Gasteiger partial charge in [-0.3, -0.25) is 0 Å². The van der Waals surface area contributed by atoms with E-state index in [0.29, 0.717) is 11.3 Å². The molecular formula is C14H10O3. The predicted molar refractivity (Wildman–Crippen MR) is 62.0 cm³/mol. The first-order chi connectivity index (χ1) is 8.34. The fraction of sp³-hybridized carbons (Fsp3) is 0.0714. The Morgan fingerprint density at radius 2 is 1.82 bits per heavy atom. The van der Waals surface area contributed by atoms with Crippen molar-refractivity contribution in [2.24, 2.45) is 0 Å². The number of benzene rings is 1. The molecule has 1 atom stereocenters. The molecule has 3 heteroatoms. The van der Waals surface area contributed by atoms with Crippen molar-refractivity contribution in [1.29, 1.82) is 0 Å². The molecule has 3 rings (SSSR count). The second kappa shape index (κ2) is 3.94. The summed E-state index contributed by atoms with van der Waals surface area (Å²) in [6.07, 6.45) is 2.95. The van der Waals surface area contributed by atoms with Gasteiger partial charge < -0.3 is 9.15 Å². The quantitative estimate of drug-likeness (QED) is 0.739. The Bertz CT molecular complexity index is 552. The zero-order valence-corrected chi connectivity index (χ0v) is 9.00. The van der Waals surface area contributed by atoms with E-state index in [-0.39, 0.29) is 5.97 Å². The van der Waals surface area contributed by atoms with Crippen LogP contribution in [0, 0.1) is 0 Å². The summed E-state index contributed by atoms with van der Waals surface area (Å²) >= 11 is 0. The lowest BCUT2D eigenvalue weighted by Crippen LogP contribution is -2.01. The Kier molecular flexibility index (Phi) is 2.29. The minimum atomic E-state index is -0.410. The number of esters is 1. The molecule has 2 aromatic rings. The van der Waals surface area contributed by atoms with Crippen LogP contribution < -0.4 is 0 Å². The molecule has 1 aromatic carbocycles. The van der Waals surface area contributed by atoms with Crippen molar-refractivity contribution in [1.82, 2.24) is 0 Å². The van der Waals surface area contributed by atoms with E-state index in [4.69, 9.17) is 9.15 Å². The average Bonchev–Trinajstić information content (AvgIpc) is 2.99. The molecule has 0 bridgehead atoms. The van der Waals surface area contributed by atoms with Crippen molar-refractivity contribution in [3.05, 3.63) is 66.1 Å².